The third-order valence-corrected chi connectivity index (χ3v) is 3.57. The first kappa shape index (κ1) is 10.4. The largest absolute Gasteiger partial charge is 0.390 e. The SMILES string of the molecule is CC1CCC(O)C(OCCC2CC2)C1. The Kier molecular flexibility index (Phi) is 3.45. The van der Waals surface area contributed by atoms with Crippen molar-refractivity contribution in [3.05, 3.63) is 0 Å². The van der Waals surface area contributed by atoms with E-state index in [0.29, 0.717) is 0 Å². The summed E-state index contributed by atoms with van der Waals surface area (Å²) in [6.07, 6.45) is 7.05. The second-order valence-corrected chi connectivity index (χ2v) is 5.13. The van der Waals surface area contributed by atoms with Gasteiger partial charge in [-0.1, -0.05) is 19.8 Å². The van der Waals surface area contributed by atoms with E-state index in [1.54, 1.807) is 0 Å². The molecular formula is C12H22O2. The highest BCUT2D eigenvalue weighted by atomic mass is 16.5. The van der Waals surface area contributed by atoms with Crippen molar-refractivity contribution in [1.82, 2.24) is 0 Å². The van der Waals surface area contributed by atoms with Crippen molar-refractivity contribution in [1.29, 1.82) is 0 Å². The van der Waals surface area contributed by atoms with Crippen molar-refractivity contribution < 1.29 is 9.84 Å². The summed E-state index contributed by atoms with van der Waals surface area (Å²) in [5.74, 6) is 1.66. The van der Waals surface area contributed by atoms with Crippen LogP contribution in [0.4, 0.5) is 0 Å². The first-order valence-corrected chi connectivity index (χ1v) is 6.05. The number of hydrogen-bond acceptors (Lipinski definition) is 2. The molecule has 0 amide bonds. The lowest BCUT2D eigenvalue weighted by atomic mass is 9.86. The van der Waals surface area contributed by atoms with Gasteiger partial charge in [-0.05, 0) is 37.5 Å². The quantitative estimate of drug-likeness (QED) is 0.751. The zero-order chi connectivity index (χ0) is 9.97. The number of ether oxygens (including phenoxy) is 1. The van der Waals surface area contributed by atoms with Gasteiger partial charge in [0.15, 0.2) is 0 Å². The van der Waals surface area contributed by atoms with Gasteiger partial charge in [0.1, 0.15) is 0 Å². The van der Waals surface area contributed by atoms with Gasteiger partial charge in [0.2, 0.25) is 0 Å². The molecule has 0 heterocycles. The van der Waals surface area contributed by atoms with E-state index in [4.69, 9.17) is 4.74 Å². The molecule has 0 saturated heterocycles. The second-order valence-electron chi connectivity index (χ2n) is 5.13. The predicted octanol–water partition coefficient (Wildman–Crippen LogP) is 2.35. The van der Waals surface area contributed by atoms with E-state index < -0.39 is 0 Å². The topological polar surface area (TPSA) is 29.5 Å². The minimum absolute atomic E-state index is 0.123. The van der Waals surface area contributed by atoms with Crippen molar-refractivity contribution in [2.75, 3.05) is 6.61 Å². The van der Waals surface area contributed by atoms with Gasteiger partial charge in [0.05, 0.1) is 12.2 Å². The van der Waals surface area contributed by atoms with Crippen LogP contribution in [0.3, 0.4) is 0 Å². The third-order valence-electron chi connectivity index (χ3n) is 3.57. The van der Waals surface area contributed by atoms with Gasteiger partial charge in [-0.3, -0.25) is 0 Å². The van der Waals surface area contributed by atoms with Gasteiger partial charge in [-0.2, -0.15) is 0 Å². The van der Waals surface area contributed by atoms with E-state index in [9.17, 15) is 5.11 Å². The molecule has 2 rings (SSSR count). The van der Waals surface area contributed by atoms with Crippen LogP contribution in [0.2, 0.25) is 0 Å². The smallest absolute Gasteiger partial charge is 0.0836 e. The van der Waals surface area contributed by atoms with E-state index in [1.165, 1.54) is 19.3 Å². The molecule has 3 unspecified atom stereocenters. The van der Waals surface area contributed by atoms with Crippen LogP contribution in [-0.2, 0) is 4.74 Å². The summed E-state index contributed by atoms with van der Waals surface area (Å²) in [5, 5.41) is 9.74. The first-order chi connectivity index (χ1) is 6.75. The monoisotopic (exact) mass is 198 g/mol. The average Bonchev–Trinajstić information content (AvgIpc) is 2.95. The van der Waals surface area contributed by atoms with Crippen LogP contribution in [0.25, 0.3) is 0 Å². The Bertz CT molecular complexity index is 177. The average molecular weight is 198 g/mol. The first-order valence-electron chi connectivity index (χ1n) is 6.05. The summed E-state index contributed by atoms with van der Waals surface area (Å²) < 4.78 is 5.77. The number of aliphatic hydroxyl groups is 1. The zero-order valence-corrected chi connectivity index (χ0v) is 9.11. The maximum atomic E-state index is 9.74. The van der Waals surface area contributed by atoms with Gasteiger partial charge in [0.25, 0.3) is 0 Å². The van der Waals surface area contributed by atoms with Gasteiger partial charge in [0, 0.05) is 6.61 Å². The fourth-order valence-electron chi connectivity index (χ4n) is 2.28. The molecular weight excluding hydrogens is 176 g/mol. The molecule has 1 N–H and O–H groups in total. The summed E-state index contributed by atoms with van der Waals surface area (Å²) in [7, 11) is 0. The van der Waals surface area contributed by atoms with Gasteiger partial charge in [-0.25, -0.2) is 0 Å². The second kappa shape index (κ2) is 4.63. The molecule has 2 nitrogen and oxygen atoms in total. The Labute approximate surface area is 86.6 Å². The van der Waals surface area contributed by atoms with Crippen LogP contribution in [0.15, 0.2) is 0 Å². The molecule has 3 atom stereocenters. The third kappa shape index (κ3) is 2.96. The standard InChI is InChI=1S/C12H22O2/c1-9-2-5-11(13)12(8-9)14-7-6-10-3-4-10/h9-13H,2-8H2,1H3. The number of aliphatic hydroxyl groups excluding tert-OH is 1. The van der Waals surface area contributed by atoms with Crippen LogP contribution in [0.1, 0.15) is 45.4 Å². The highest BCUT2D eigenvalue weighted by Crippen LogP contribution is 2.33. The van der Waals surface area contributed by atoms with Gasteiger partial charge in [-0.15, -0.1) is 0 Å². The van der Waals surface area contributed by atoms with E-state index in [0.717, 1.165) is 37.7 Å². The highest BCUT2D eigenvalue weighted by Gasteiger charge is 2.28. The molecule has 14 heavy (non-hydrogen) atoms. The lowest BCUT2D eigenvalue weighted by Gasteiger charge is -2.31. The molecule has 0 aliphatic heterocycles. The lowest BCUT2D eigenvalue weighted by molar-refractivity contribution is -0.0706. The summed E-state index contributed by atoms with van der Waals surface area (Å²) >= 11 is 0. The molecule has 82 valence electrons. The maximum Gasteiger partial charge on any atom is 0.0836 e. The summed E-state index contributed by atoms with van der Waals surface area (Å²) in [6.45, 7) is 3.11. The summed E-state index contributed by atoms with van der Waals surface area (Å²) in [6, 6.07) is 0. The Hall–Kier alpha value is -0.0800. The molecule has 0 aromatic rings. The Morgan fingerprint density at radius 2 is 2.00 bits per heavy atom. The van der Waals surface area contributed by atoms with E-state index >= 15 is 0 Å². The molecule has 2 heteroatoms. The predicted molar refractivity (Wildman–Crippen MR) is 56.1 cm³/mol. The molecule has 0 bridgehead atoms. The minimum Gasteiger partial charge on any atom is -0.390 e. The number of rotatable bonds is 4. The Balaban J connectivity index is 1.65. The molecule has 0 spiro atoms. The fraction of sp³-hybridized carbons (Fsp3) is 1.00. The van der Waals surface area contributed by atoms with E-state index in [1.807, 2.05) is 0 Å². The minimum atomic E-state index is -0.203. The van der Waals surface area contributed by atoms with Gasteiger partial charge >= 0.3 is 0 Å². The maximum absolute atomic E-state index is 9.74. The molecule has 0 radical (unpaired) electrons. The van der Waals surface area contributed by atoms with Crippen LogP contribution < -0.4 is 0 Å². The molecule has 0 aromatic carbocycles. The molecule has 2 aliphatic rings. The number of hydrogen-bond donors (Lipinski definition) is 1. The highest BCUT2D eigenvalue weighted by molar-refractivity contribution is 4.79. The normalized spacial score (nSPS) is 38.6. The molecule has 2 aliphatic carbocycles. The molecule has 2 fully saturated rings. The van der Waals surface area contributed by atoms with Crippen molar-refractivity contribution >= 4 is 0 Å². The molecule has 0 aromatic heterocycles. The fourth-order valence-corrected chi connectivity index (χ4v) is 2.28. The van der Waals surface area contributed by atoms with Crippen molar-refractivity contribution in [2.45, 2.75) is 57.7 Å². The van der Waals surface area contributed by atoms with Crippen molar-refractivity contribution in [3.63, 3.8) is 0 Å². The van der Waals surface area contributed by atoms with E-state index in [2.05, 4.69) is 6.92 Å². The Morgan fingerprint density at radius 1 is 1.21 bits per heavy atom. The Morgan fingerprint density at radius 3 is 2.71 bits per heavy atom. The van der Waals surface area contributed by atoms with Gasteiger partial charge < -0.3 is 9.84 Å². The summed E-state index contributed by atoms with van der Waals surface area (Å²) in [5.41, 5.74) is 0. The van der Waals surface area contributed by atoms with Crippen molar-refractivity contribution in [3.8, 4) is 0 Å². The van der Waals surface area contributed by atoms with Crippen LogP contribution in [-0.4, -0.2) is 23.9 Å². The zero-order valence-electron chi connectivity index (χ0n) is 9.11. The van der Waals surface area contributed by atoms with Crippen molar-refractivity contribution in [2.24, 2.45) is 11.8 Å². The lowest BCUT2D eigenvalue weighted by Crippen LogP contribution is -2.35. The summed E-state index contributed by atoms with van der Waals surface area (Å²) in [4.78, 5) is 0. The van der Waals surface area contributed by atoms with Crippen LogP contribution in [0, 0.1) is 11.8 Å². The van der Waals surface area contributed by atoms with E-state index in [-0.39, 0.29) is 12.2 Å². The molecule has 2 saturated carbocycles. The van der Waals surface area contributed by atoms with Crippen LogP contribution >= 0.6 is 0 Å². The van der Waals surface area contributed by atoms with Crippen LogP contribution in [0.5, 0.6) is 0 Å².